The summed E-state index contributed by atoms with van der Waals surface area (Å²) in [4.78, 5) is 176. The maximum Gasteiger partial charge on any atom is 0.302 e. The van der Waals surface area contributed by atoms with Crippen molar-refractivity contribution in [1.29, 1.82) is 0 Å². The summed E-state index contributed by atoms with van der Waals surface area (Å²) >= 11 is 0. The minimum absolute atomic E-state index is 0.0175. The number of aliphatic hydroxyl groups excluding tert-OH is 1. The summed E-state index contributed by atoms with van der Waals surface area (Å²) in [5.41, 5.74) is 0. The predicted molar refractivity (Wildman–Crippen MR) is 347 cm³/mol. The maximum absolute atomic E-state index is 14.9. The largest absolute Gasteiger partial charge is 0.462 e. The number of carbonyl (C=O) groups excluding carboxylic acids is 12. The number of amides is 5. The lowest BCUT2D eigenvalue weighted by Gasteiger charge is -2.36. The van der Waals surface area contributed by atoms with Gasteiger partial charge >= 0.3 is 5.97 Å². The summed E-state index contributed by atoms with van der Waals surface area (Å²) in [6, 6.07) is -6.46. The first-order chi connectivity index (χ1) is 41.8. The molecule has 21 heteroatoms. The Morgan fingerprint density at radius 2 is 1.13 bits per heavy atom. The number of aliphatic hydroxyl groups is 1. The summed E-state index contributed by atoms with van der Waals surface area (Å²) in [6.45, 7) is 29.3. The van der Waals surface area contributed by atoms with E-state index >= 15 is 0 Å². The molecule has 0 saturated carbocycles. The van der Waals surface area contributed by atoms with Crippen molar-refractivity contribution in [1.82, 2.24) is 30.2 Å². The molecule has 1 aliphatic heterocycles. The number of ether oxygens (including phenoxy) is 2. The lowest BCUT2D eigenvalue weighted by atomic mass is 9.82. The Kier molecular flexibility index (Phi) is 36.8. The molecule has 0 radical (unpaired) electrons. The third kappa shape index (κ3) is 26.8. The fourth-order valence-electron chi connectivity index (χ4n) is 11.9. The molecule has 21 nitrogen and oxygen atoms in total. The van der Waals surface area contributed by atoms with E-state index in [-0.39, 0.29) is 81.8 Å². The van der Waals surface area contributed by atoms with Crippen molar-refractivity contribution >= 4 is 70.2 Å². The monoisotopic (exact) mass is 1270 g/mol. The standard InChI is InChI=1S/C69H116N6O15/c1-22-24-27-45(13)65(84)52-38-59(80)63(44(11)12)75(21)68(87)50(32-40(3)4)36-58(79)54(33-41(5)6)72(18)39-61(82)47(15)70-66(85)46(14)35-57(78)55(34-42(7)8)73(19)69(88)51(43(9)10)37-60(81)64(48(16)89-30-25-26-31-90-49(17)76)74(20)62(83)29-28-56(77)53(23-2)71-67(52)86/h22,24-26,40-48,50-55,63-65,84H,23,27-39H2,1-21H3,(H,70,85)(H,71,86)/b24-22+,26-25+/t45-,46-,47-,48-,50-,51+,52+,53+,54+,55+,63+,64+,65-/m1/s1. The van der Waals surface area contributed by atoms with E-state index in [1.165, 1.54) is 49.7 Å². The molecule has 0 unspecified atom stereocenters. The summed E-state index contributed by atoms with van der Waals surface area (Å²) in [7, 11) is 6.02. The van der Waals surface area contributed by atoms with Crippen molar-refractivity contribution in [2.24, 2.45) is 59.2 Å². The molecule has 3 N–H and O–H groups in total. The second-order valence-electron chi connectivity index (χ2n) is 27.3. The summed E-state index contributed by atoms with van der Waals surface area (Å²) in [5.74, 6) is -12.1. The Bertz CT molecular complexity index is 2470. The maximum atomic E-state index is 14.9. The van der Waals surface area contributed by atoms with Gasteiger partial charge in [0.1, 0.15) is 12.6 Å². The van der Waals surface area contributed by atoms with E-state index < -0.39 is 174 Å². The van der Waals surface area contributed by atoms with Crippen molar-refractivity contribution in [3.05, 3.63) is 24.3 Å². The van der Waals surface area contributed by atoms with E-state index in [1.807, 2.05) is 54.5 Å². The van der Waals surface area contributed by atoms with Crippen LogP contribution in [0.4, 0.5) is 0 Å². The Labute approximate surface area is 538 Å². The highest BCUT2D eigenvalue weighted by atomic mass is 16.5. The minimum atomic E-state index is -1.40. The van der Waals surface area contributed by atoms with Gasteiger partial charge in [-0.15, -0.1) is 0 Å². The molecule has 1 fully saturated rings. The molecule has 1 aliphatic rings. The van der Waals surface area contributed by atoms with Crippen LogP contribution in [-0.2, 0) is 67.0 Å². The van der Waals surface area contributed by atoms with Crippen molar-refractivity contribution in [2.75, 3.05) is 47.9 Å². The molecule has 0 aromatic heterocycles. The number of nitrogens with zero attached hydrogens (tertiary/aromatic N) is 4. The van der Waals surface area contributed by atoms with Gasteiger partial charge in [0.2, 0.25) is 29.5 Å². The summed E-state index contributed by atoms with van der Waals surface area (Å²) in [6.07, 6.45) is 3.40. The van der Waals surface area contributed by atoms with Crippen LogP contribution in [0.25, 0.3) is 0 Å². The number of allylic oxidation sites excluding steroid dienone is 2. The van der Waals surface area contributed by atoms with Gasteiger partial charge in [-0.05, 0) is 102 Å². The third-order valence-corrected chi connectivity index (χ3v) is 17.3. The Morgan fingerprint density at radius 1 is 0.589 bits per heavy atom. The lowest BCUT2D eigenvalue weighted by Crippen LogP contribution is -2.53. The number of carbonyl (C=O) groups is 12. The average Bonchev–Trinajstić information content (AvgIpc) is 2.41. The van der Waals surface area contributed by atoms with E-state index in [1.54, 1.807) is 85.6 Å². The highest BCUT2D eigenvalue weighted by Crippen LogP contribution is 2.30. The van der Waals surface area contributed by atoms with Crippen LogP contribution in [0.5, 0.6) is 0 Å². The van der Waals surface area contributed by atoms with Crippen LogP contribution in [0.1, 0.15) is 188 Å². The smallest absolute Gasteiger partial charge is 0.302 e. The van der Waals surface area contributed by atoms with Crippen LogP contribution in [0, 0.1) is 59.2 Å². The third-order valence-electron chi connectivity index (χ3n) is 17.3. The fourth-order valence-corrected chi connectivity index (χ4v) is 11.9. The van der Waals surface area contributed by atoms with Crippen LogP contribution < -0.4 is 10.6 Å². The van der Waals surface area contributed by atoms with E-state index in [0.717, 1.165) is 0 Å². The molecule has 0 spiro atoms. The quantitative estimate of drug-likeness (QED) is 0.0841. The van der Waals surface area contributed by atoms with Gasteiger partial charge in [-0.3, -0.25) is 62.4 Å². The van der Waals surface area contributed by atoms with Gasteiger partial charge < -0.3 is 39.9 Å². The van der Waals surface area contributed by atoms with E-state index in [9.17, 15) is 62.6 Å². The first-order valence-corrected chi connectivity index (χ1v) is 32.8. The van der Waals surface area contributed by atoms with E-state index in [4.69, 9.17) is 9.47 Å². The van der Waals surface area contributed by atoms with Crippen molar-refractivity contribution in [3.63, 3.8) is 0 Å². The molecule has 0 bridgehead atoms. The number of esters is 1. The molecule has 0 aliphatic carbocycles. The van der Waals surface area contributed by atoms with Crippen molar-refractivity contribution < 1.29 is 72.1 Å². The number of hydrogen-bond donors (Lipinski definition) is 3. The number of likely N-dealkylation sites (N-methyl/N-ethyl adjacent to an activating group) is 4. The van der Waals surface area contributed by atoms with Crippen LogP contribution >= 0.6 is 0 Å². The summed E-state index contributed by atoms with van der Waals surface area (Å²) < 4.78 is 11.1. The second-order valence-corrected chi connectivity index (χ2v) is 27.3. The normalized spacial score (nSPS) is 26.8. The summed E-state index contributed by atoms with van der Waals surface area (Å²) in [5, 5.41) is 17.5. The molecule has 13 atom stereocenters. The van der Waals surface area contributed by atoms with E-state index in [0.29, 0.717) is 12.8 Å². The Balaban J connectivity index is 4.20. The van der Waals surface area contributed by atoms with Crippen LogP contribution in [0.2, 0.25) is 0 Å². The number of Topliss-reactive ketones (excluding diaryl/α,β-unsaturated/α-hetero) is 6. The van der Waals surface area contributed by atoms with Gasteiger partial charge in [0.25, 0.3) is 0 Å². The van der Waals surface area contributed by atoms with Gasteiger partial charge in [0, 0.05) is 84.3 Å². The molecular weight excluding hydrogens is 1150 g/mol. The average molecular weight is 1270 g/mol. The molecule has 90 heavy (non-hydrogen) atoms. The number of nitrogens with one attached hydrogen (secondary N) is 2. The highest BCUT2D eigenvalue weighted by Gasteiger charge is 2.43. The van der Waals surface area contributed by atoms with Crippen molar-refractivity contribution in [3.8, 4) is 0 Å². The molecule has 0 aromatic carbocycles. The molecule has 512 valence electrons. The fraction of sp³-hybridized carbons (Fsp3) is 0.768. The molecule has 5 amide bonds. The van der Waals surface area contributed by atoms with Gasteiger partial charge in [0.15, 0.2) is 34.7 Å². The van der Waals surface area contributed by atoms with Crippen LogP contribution in [0.15, 0.2) is 24.3 Å². The van der Waals surface area contributed by atoms with Crippen LogP contribution in [-0.4, -0.2) is 191 Å². The Hall–Kier alpha value is -5.80. The minimum Gasteiger partial charge on any atom is -0.462 e. The SMILES string of the molecule is C/C=C/C[C@@H](C)[C@@H](O)[C@@H]1CC(=O)[C@H](C(C)C)N(C)C(=O)[C@H](CC(C)C)CC(=O)[C@H](CC(C)C)N(C)CC(=O)[C@@H](C)NC(=O)[C@H](C)CC(=O)[C@H](CC(C)C)N(C)C(=O)[C@H](C(C)C)CC(=O)[C@H]([C@@H](C)OC/C=C/COC(C)=O)N(C)C(=O)CCC(=O)[C@H](CC)NC1=O. The van der Waals surface area contributed by atoms with Gasteiger partial charge in [-0.25, -0.2) is 0 Å². The van der Waals surface area contributed by atoms with Crippen molar-refractivity contribution in [2.45, 2.75) is 237 Å². The lowest BCUT2D eigenvalue weighted by molar-refractivity contribution is -0.148. The molecular formula is C69H116N6O15. The molecule has 1 saturated heterocycles. The molecule has 1 rings (SSSR count). The first-order valence-electron chi connectivity index (χ1n) is 32.8. The van der Waals surface area contributed by atoms with Gasteiger partial charge in [0.05, 0.1) is 61.5 Å². The highest BCUT2D eigenvalue weighted by molar-refractivity contribution is 5.99. The van der Waals surface area contributed by atoms with Gasteiger partial charge in [-0.2, -0.15) is 0 Å². The van der Waals surface area contributed by atoms with Gasteiger partial charge in [-0.1, -0.05) is 108 Å². The zero-order valence-electron chi connectivity index (χ0n) is 58.6. The number of rotatable bonds is 19. The van der Waals surface area contributed by atoms with Crippen LogP contribution in [0.3, 0.4) is 0 Å². The predicted octanol–water partition coefficient (Wildman–Crippen LogP) is 7.36. The zero-order chi connectivity index (χ0) is 69.2. The molecule has 1 heterocycles. The Morgan fingerprint density at radius 3 is 1.67 bits per heavy atom. The first kappa shape index (κ1) is 82.2. The molecule has 0 aromatic rings. The topological polar surface area (TPSA) is 281 Å². The number of ketones is 6. The second kappa shape index (κ2) is 40.2. The number of hydrogen-bond acceptors (Lipinski definition) is 16. The van der Waals surface area contributed by atoms with E-state index in [2.05, 4.69) is 10.6 Å². The zero-order valence-corrected chi connectivity index (χ0v) is 58.6.